The largest absolute Gasteiger partial charge is 2.00 e. The average Bonchev–Trinajstić information content (AvgIpc) is 2.35. The van der Waals surface area contributed by atoms with Gasteiger partial charge in [0.15, 0.2) is 0 Å². The number of aliphatic carboxylic acids is 2. The molecule has 1 aromatic rings. The van der Waals surface area contributed by atoms with Crippen molar-refractivity contribution in [2.75, 3.05) is 0 Å². The Morgan fingerprint density at radius 3 is 1.60 bits per heavy atom. The van der Waals surface area contributed by atoms with E-state index in [9.17, 15) is 0 Å². The topological polar surface area (TPSA) is 128 Å². The Morgan fingerprint density at radius 2 is 1.53 bits per heavy atom. The van der Waals surface area contributed by atoms with Gasteiger partial charge in [0.25, 0.3) is 0 Å². The first kappa shape index (κ1) is 23.8. The van der Waals surface area contributed by atoms with Crippen molar-refractivity contribution in [3.63, 3.8) is 0 Å². The maximum Gasteiger partial charge on any atom is 2.00 e. The summed E-state index contributed by atoms with van der Waals surface area (Å²) in [5.74, 6) is -2.17. The number of aromatic nitrogens is 1. The van der Waals surface area contributed by atoms with Gasteiger partial charge in [0, 0.05) is 23.5 Å². The molecule has 0 aliphatic rings. The molecule has 8 heteroatoms. The van der Waals surface area contributed by atoms with E-state index < -0.39 is 11.9 Å². The summed E-state index contributed by atoms with van der Waals surface area (Å²) in [6, 6.07) is 0. The van der Waals surface area contributed by atoms with Gasteiger partial charge in [0.1, 0.15) is 0 Å². The van der Waals surface area contributed by atoms with Crippen LogP contribution in [0.4, 0.5) is 0 Å². The van der Waals surface area contributed by atoms with Crippen molar-refractivity contribution in [3.8, 4) is 0 Å². The van der Waals surface area contributed by atoms with Crippen LogP contribution in [-0.2, 0) is 30.7 Å². The van der Waals surface area contributed by atoms with Gasteiger partial charge < -0.3 is 26.0 Å². The van der Waals surface area contributed by atoms with E-state index >= 15 is 0 Å². The molecule has 0 aliphatic carbocycles. The number of carboxylic acid groups (broad SMARTS) is 2. The second-order valence-corrected chi connectivity index (χ2v) is 2.41. The average molecular weight is 415 g/mol. The van der Waals surface area contributed by atoms with Gasteiger partial charge in [-0.3, -0.25) is 4.98 Å². The molecule has 0 fully saturated rings. The Kier molecular flexibility index (Phi) is 30.0. The molecule has 0 spiro atoms. The van der Waals surface area contributed by atoms with E-state index in [1.807, 2.05) is 5.38 Å². The van der Waals surface area contributed by atoms with Crippen molar-refractivity contribution in [1.29, 1.82) is 0 Å². The van der Waals surface area contributed by atoms with Gasteiger partial charge >= 0.3 is 21.1 Å². The fraction of sp³-hybridized carbons (Fsp3) is 0.286. The monoisotopic (exact) mass is 415 g/mol. The van der Waals surface area contributed by atoms with E-state index in [0.717, 1.165) is 13.8 Å². The van der Waals surface area contributed by atoms with Crippen molar-refractivity contribution in [1.82, 2.24) is 11.1 Å². The van der Waals surface area contributed by atoms with Crippen LogP contribution in [0.2, 0.25) is 0 Å². The number of hydrogen-bond acceptors (Lipinski definition) is 7. The molecule has 0 amide bonds. The Morgan fingerprint density at radius 1 is 1.20 bits per heavy atom. The quantitative estimate of drug-likeness (QED) is 0.568. The van der Waals surface area contributed by atoms with Gasteiger partial charge in [-0.2, -0.15) is 0 Å². The predicted octanol–water partition coefficient (Wildman–Crippen LogP) is -1.18. The maximum absolute atomic E-state index is 8.89. The molecule has 6 nitrogen and oxygen atoms in total. The molecule has 1 aromatic heterocycles. The molecular formula is C7H12N2O4PtS. The van der Waals surface area contributed by atoms with E-state index in [1.165, 1.54) is 0 Å². The number of rotatable bonds is 0. The number of carbonyl (C=O) groups excluding carboxylic acids is 2. The van der Waals surface area contributed by atoms with Gasteiger partial charge in [-0.25, -0.2) is 0 Å². The zero-order valence-electron chi connectivity index (χ0n) is 8.24. The fourth-order valence-corrected chi connectivity index (χ4v) is 0.527. The minimum Gasteiger partial charge on any atom is -0.550 e. The van der Waals surface area contributed by atoms with E-state index in [2.05, 4.69) is 4.98 Å². The van der Waals surface area contributed by atoms with Crippen molar-refractivity contribution >= 4 is 23.3 Å². The third kappa shape index (κ3) is 93.5. The molecule has 90 valence electrons. The summed E-state index contributed by atoms with van der Waals surface area (Å²) < 4.78 is 0. The first-order valence-electron chi connectivity index (χ1n) is 3.14. The standard InChI is InChI=1S/C3H3NS.2C2H4O2.H3N.Pt/c1-2-5-3-4-1;2*1-2(3)4;;/h1-3H;2*1H3,(H,3,4);1H3;/q;;;;+2/p-2. The molecule has 0 aliphatic heterocycles. The Bertz CT molecular complexity index is 194. The van der Waals surface area contributed by atoms with Crippen LogP contribution in [0.1, 0.15) is 13.8 Å². The summed E-state index contributed by atoms with van der Waals surface area (Å²) in [5.41, 5.74) is 1.79. The predicted molar refractivity (Wildman–Crippen MR) is 48.5 cm³/mol. The van der Waals surface area contributed by atoms with Crippen LogP contribution >= 0.6 is 11.3 Å². The third-order valence-electron chi connectivity index (χ3n) is 0.347. The van der Waals surface area contributed by atoms with Crippen LogP contribution < -0.4 is 16.4 Å². The molecule has 0 saturated carbocycles. The van der Waals surface area contributed by atoms with Crippen LogP contribution in [-0.4, -0.2) is 16.9 Å². The van der Waals surface area contributed by atoms with E-state index in [-0.39, 0.29) is 27.2 Å². The van der Waals surface area contributed by atoms with Gasteiger partial charge in [-0.15, -0.1) is 11.3 Å². The van der Waals surface area contributed by atoms with Crippen molar-refractivity contribution < 1.29 is 40.9 Å². The smallest absolute Gasteiger partial charge is 0.550 e. The van der Waals surface area contributed by atoms with Crippen molar-refractivity contribution in [2.45, 2.75) is 13.8 Å². The number of nitrogens with zero attached hydrogens (tertiary/aromatic N) is 1. The van der Waals surface area contributed by atoms with Crippen LogP contribution in [0, 0.1) is 0 Å². The second kappa shape index (κ2) is 18.9. The van der Waals surface area contributed by atoms with Crippen LogP contribution in [0.25, 0.3) is 0 Å². The molecule has 1 rings (SSSR count). The molecule has 3 N–H and O–H groups in total. The van der Waals surface area contributed by atoms with Crippen LogP contribution in [0.3, 0.4) is 0 Å². The van der Waals surface area contributed by atoms with E-state index in [1.54, 1.807) is 23.0 Å². The summed E-state index contributed by atoms with van der Waals surface area (Å²) in [4.78, 5) is 21.5. The molecule has 0 unspecified atom stereocenters. The zero-order chi connectivity index (χ0) is 10.7. The zero-order valence-corrected chi connectivity index (χ0v) is 11.3. The van der Waals surface area contributed by atoms with Crippen LogP contribution in [0.5, 0.6) is 0 Å². The van der Waals surface area contributed by atoms with Crippen LogP contribution in [0.15, 0.2) is 17.1 Å². The van der Waals surface area contributed by atoms with Gasteiger partial charge in [0.05, 0.1) is 5.51 Å². The fourth-order valence-electron chi connectivity index (χ4n) is 0.176. The molecule has 0 bridgehead atoms. The van der Waals surface area contributed by atoms with Gasteiger partial charge in [-0.05, 0) is 13.8 Å². The molecule has 0 aromatic carbocycles. The number of carbonyl (C=O) groups is 2. The van der Waals surface area contributed by atoms with Gasteiger partial charge in [-0.1, -0.05) is 0 Å². The maximum atomic E-state index is 8.89. The SMILES string of the molecule is CC(=O)[O-].CC(=O)[O-].N.[Pt+2].c1cscn1. The molecule has 0 radical (unpaired) electrons. The summed E-state index contributed by atoms with van der Waals surface area (Å²) in [6.07, 6.45) is 1.77. The Hall–Kier alpha value is -0.782. The summed E-state index contributed by atoms with van der Waals surface area (Å²) >= 11 is 1.60. The number of thiazole rings is 1. The van der Waals surface area contributed by atoms with E-state index in [0.29, 0.717) is 0 Å². The van der Waals surface area contributed by atoms with Crippen molar-refractivity contribution in [3.05, 3.63) is 17.1 Å². The Labute approximate surface area is 106 Å². The van der Waals surface area contributed by atoms with Crippen molar-refractivity contribution in [2.24, 2.45) is 0 Å². The minimum absolute atomic E-state index is 0. The molecular weight excluding hydrogens is 403 g/mol. The number of carboxylic acids is 2. The minimum atomic E-state index is -1.08. The first-order valence-corrected chi connectivity index (χ1v) is 4.08. The van der Waals surface area contributed by atoms with E-state index in [4.69, 9.17) is 19.8 Å². The Balaban J connectivity index is -0.0000000575. The molecule has 0 saturated heterocycles. The summed E-state index contributed by atoms with van der Waals surface area (Å²) in [6.45, 7) is 1.94. The number of hydrogen-bond donors (Lipinski definition) is 1. The first-order chi connectivity index (χ1) is 5.96. The normalized spacial score (nSPS) is 6.00. The van der Waals surface area contributed by atoms with Gasteiger partial charge in [0.2, 0.25) is 0 Å². The molecule has 15 heavy (non-hydrogen) atoms. The molecule has 0 atom stereocenters. The summed E-state index contributed by atoms with van der Waals surface area (Å²) in [5, 5.41) is 19.7. The third-order valence-corrected chi connectivity index (χ3v) is 0.869. The summed E-state index contributed by atoms with van der Waals surface area (Å²) in [7, 11) is 0. The molecule has 1 heterocycles. The second-order valence-electron chi connectivity index (χ2n) is 1.66.